The average molecular weight is 709 g/mol. The number of carbonyl (C=O) groups excluding carboxylic acids is 3. The van der Waals surface area contributed by atoms with Crippen LogP contribution in [0.1, 0.15) is 240 Å². The minimum absolute atomic E-state index is 0.0651. The van der Waals surface area contributed by atoms with E-state index in [2.05, 4.69) is 27.7 Å². The van der Waals surface area contributed by atoms with Gasteiger partial charge in [0.1, 0.15) is 13.2 Å². The van der Waals surface area contributed by atoms with Crippen LogP contribution in [0.25, 0.3) is 0 Å². The summed E-state index contributed by atoms with van der Waals surface area (Å²) in [5.74, 6) is -0.104. The van der Waals surface area contributed by atoms with Crippen molar-refractivity contribution in [1.82, 2.24) is 0 Å². The third-order valence-electron chi connectivity index (χ3n) is 9.79. The van der Waals surface area contributed by atoms with Gasteiger partial charge in [0.15, 0.2) is 6.10 Å². The molecule has 0 aromatic carbocycles. The monoisotopic (exact) mass is 709 g/mol. The minimum Gasteiger partial charge on any atom is -0.462 e. The van der Waals surface area contributed by atoms with Crippen LogP contribution in [0.3, 0.4) is 0 Å². The van der Waals surface area contributed by atoms with Gasteiger partial charge < -0.3 is 14.2 Å². The summed E-state index contributed by atoms with van der Waals surface area (Å²) in [4.78, 5) is 37.5. The van der Waals surface area contributed by atoms with E-state index in [0.29, 0.717) is 19.3 Å². The molecule has 0 N–H and O–H groups in total. The Morgan fingerprint density at radius 2 is 0.660 bits per heavy atom. The Labute approximate surface area is 310 Å². The molecule has 0 spiro atoms. The van der Waals surface area contributed by atoms with Crippen LogP contribution >= 0.6 is 0 Å². The van der Waals surface area contributed by atoms with E-state index in [0.717, 1.165) is 63.7 Å². The maximum Gasteiger partial charge on any atom is 0.306 e. The van der Waals surface area contributed by atoms with Crippen molar-refractivity contribution < 1.29 is 28.6 Å². The van der Waals surface area contributed by atoms with Gasteiger partial charge in [-0.15, -0.1) is 0 Å². The van der Waals surface area contributed by atoms with E-state index in [9.17, 15) is 14.4 Å². The molecule has 0 saturated heterocycles. The molecule has 0 unspecified atom stereocenters. The quantitative estimate of drug-likeness (QED) is 0.0359. The molecule has 0 aromatic heterocycles. The predicted molar refractivity (Wildman–Crippen MR) is 210 cm³/mol. The SMILES string of the molecule is CCCCCCCCCCCCCCCC(=O)OC[C@H](COC(=O)CCCCCCCCCCCC)OC(=O)CCCCCCCCC(C)C. The first-order valence-electron chi connectivity index (χ1n) is 21.9. The first-order valence-corrected chi connectivity index (χ1v) is 21.9. The van der Waals surface area contributed by atoms with Crippen LogP contribution < -0.4 is 0 Å². The molecule has 0 aliphatic heterocycles. The highest BCUT2D eigenvalue weighted by Crippen LogP contribution is 2.16. The van der Waals surface area contributed by atoms with Crippen molar-refractivity contribution in [3.63, 3.8) is 0 Å². The molecule has 0 aliphatic rings. The van der Waals surface area contributed by atoms with Gasteiger partial charge in [-0.05, 0) is 25.2 Å². The maximum atomic E-state index is 12.6. The van der Waals surface area contributed by atoms with Crippen molar-refractivity contribution in [2.24, 2.45) is 5.92 Å². The van der Waals surface area contributed by atoms with E-state index in [1.54, 1.807) is 0 Å². The summed E-state index contributed by atoms with van der Waals surface area (Å²) in [6, 6.07) is 0. The standard InChI is InChI=1S/C44H84O6/c1-5-7-9-11-13-15-17-18-19-21-23-28-32-36-43(46)49-39-41(50-44(47)37-33-29-25-24-26-30-34-40(3)4)38-48-42(45)35-31-27-22-20-16-14-12-10-8-6-2/h40-41H,5-39H2,1-4H3/t41-/m0/s1. The van der Waals surface area contributed by atoms with Crippen molar-refractivity contribution in [3.05, 3.63) is 0 Å². The lowest BCUT2D eigenvalue weighted by atomic mass is 10.0. The number of hydrogen-bond donors (Lipinski definition) is 0. The van der Waals surface area contributed by atoms with Crippen molar-refractivity contribution in [2.45, 2.75) is 246 Å². The molecule has 0 fully saturated rings. The highest BCUT2D eigenvalue weighted by molar-refractivity contribution is 5.71. The van der Waals surface area contributed by atoms with Gasteiger partial charge in [0, 0.05) is 19.3 Å². The molecule has 6 nitrogen and oxygen atoms in total. The molecule has 296 valence electrons. The van der Waals surface area contributed by atoms with Gasteiger partial charge >= 0.3 is 17.9 Å². The molecular formula is C44H84O6. The average Bonchev–Trinajstić information content (AvgIpc) is 3.09. The summed E-state index contributed by atoms with van der Waals surface area (Å²) in [7, 11) is 0. The Balaban J connectivity index is 4.31. The topological polar surface area (TPSA) is 78.9 Å². The van der Waals surface area contributed by atoms with Crippen molar-refractivity contribution in [3.8, 4) is 0 Å². The van der Waals surface area contributed by atoms with Crippen LogP contribution in [-0.2, 0) is 28.6 Å². The van der Waals surface area contributed by atoms with Gasteiger partial charge in [0.05, 0.1) is 0 Å². The van der Waals surface area contributed by atoms with Crippen LogP contribution in [0.2, 0.25) is 0 Å². The second kappa shape index (κ2) is 38.6. The summed E-state index contributed by atoms with van der Waals surface area (Å²) in [5, 5.41) is 0. The summed E-state index contributed by atoms with van der Waals surface area (Å²) in [6.07, 6.45) is 36.7. The molecule has 0 aromatic rings. The highest BCUT2D eigenvalue weighted by Gasteiger charge is 2.19. The molecule has 0 aliphatic carbocycles. The largest absolute Gasteiger partial charge is 0.462 e. The maximum absolute atomic E-state index is 12.6. The first kappa shape index (κ1) is 48.4. The fourth-order valence-electron chi connectivity index (χ4n) is 6.45. The zero-order valence-electron chi connectivity index (χ0n) is 33.9. The molecule has 0 saturated carbocycles. The van der Waals surface area contributed by atoms with Gasteiger partial charge in [-0.2, -0.15) is 0 Å². The smallest absolute Gasteiger partial charge is 0.306 e. The first-order chi connectivity index (χ1) is 24.4. The van der Waals surface area contributed by atoms with Crippen LogP contribution in [-0.4, -0.2) is 37.2 Å². The Morgan fingerprint density at radius 3 is 0.980 bits per heavy atom. The number of esters is 3. The molecule has 0 heterocycles. The van der Waals surface area contributed by atoms with E-state index < -0.39 is 6.10 Å². The fourth-order valence-corrected chi connectivity index (χ4v) is 6.45. The number of carbonyl (C=O) groups is 3. The van der Waals surface area contributed by atoms with Crippen molar-refractivity contribution in [1.29, 1.82) is 0 Å². The van der Waals surface area contributed by atoms with Crippen molar-refractivity contribution >= 4 is 17.9 Å². The lowest BCUT2D eigenvalue weighted by Crippen LogP contribution is -2.30. The van der Waals surface area contributed by atoms with E-state index in [-0.39, 0.29) is 31.1 Å². The molecule has 0 radical (unpaired) electrons. The van der Waals surface area contributed by atoms with E-state index in [4.69, 9.17) is 14.2 Å². The predicted octanol–water partition coefficient (Wildman–Crippen LogP) is 13.6. The Hall–Kier alpha value is -1.59. The molecule has 6 heteroatoms. The number of hydrogen-bond acceptors (Lipinski definition) is 6. The highest BCUT2D eigenvalue weighted by atomic mass is 16.6. The zero-order chi connectivity index (χ0) is 36.8. The van der Waals surface area contributed by atoms with Crippen LogP contribution in [0, 0.1) is 5.92 Å². The lowest BCUT2D eigenvalue weighted by Gasteiger charge is -2.18. The van der Waals surface area contributed by atoms with Gasteiger partial charge in [0.2, 0.25) is 0 Å². The molecule has 1 atom stereocenters. The van der Waals surface area contributed by atoms with Crippen LogP contribution in [0.5, 0.6) is 0 Å². The van der Waals surface area contributed by atoms with E-state index in [1.807, 2.05) is 0 Å². The summed E-state index contributed by atoms with van der Waals surface area (Å²) < 4.78 is 16.6. The van der Waals surface area contributed by atoms with Gasteiger partial charge in [-0.25, -0.2) is 0 Å². The van der Waals surface area contributed by atoms with Crippen LogP contribution in [0.15, 0.2) is 0 Å². The number of ether oxygens (including phenoxy) is 3. The van der Waals surface area contributed by atoms with E-state index in [1.165, 1.54) is 135 Å². The van der Waals surface area contributed by atoms with Gasteiger partial charge in [-0.3, -0.25) is 14.4 Å². The van der Waals surface area contributed by atoms with Crippen molar-refractivity contribution in [2.75, 3.05) is 13.2 Å². The van der Waals surface area contributed by atoms with E-state index >= 15 is 0 Å². The third-order valence-corrected chi connectivity index (χ3v) is 9.79. The zero-order valence-corrected chi connectivity index (χ0v) is 33.9. The second-order valence-corrected chi connectivity index (χ2v) is 15.5. The second-order valence-electron chi connectivity index (χ2n) is 15.5. The number of rotatable bonds is 39. The molecule has 0 amide bonds. The Bertz CT molecular complexity index is 751. The minimum atomic E-state index is -0.759. The fraction of sp³-hybridized carbons (Fsp3) is 0.932. The molecule has 0 bridgehead atoms. The Kier molecular flexibility index (Phi) is 37.4. The summed E-state index contributed by atoms with van der Waals surface area (Å²) in [5.41, 5.74) is 0. The lowest BCUT2D eigenvalue weighted by molar-refractivity contribution is -0.167. The molecule has 0 rings (SSSR count). The number of unbranched alkanes of at least 4 members (excludes halogenated alkanes) is 26. The summed E-state index contributed by atoms with van der Waals surface area (Å²) >= 11 is 0. The normalized spacial score (nSPS) is 11.9. The third kappa shape index (κ3) is 37.7. The molecule has 50 heavy (non-hydrogen) atoms. The summed E-state index contributed by atoms with van der Waals surface area (Å²) in [6.45, 7) is 8.90. The van der Waals surface area contributed by atoms with Gasteiger partial charge in [0.25, 0.3) is 0 Å². The van der Waals surface area contributed by atoms with Gasteiger partial charge in [-0.1, -0.05) is 201 Å². The van der Waals surface area contributed by atoms with Crippen LogP contribution in [0.4, 0.5) is 0 Å². The Morgan fingerprint density at radius 1 is 0.380 bits per heavy atom. The molecular weight excluding hydrogens is 624 g/mol.